The van der Waals surface area contributed by atoms with Crippen molar-refractivity contribution in [2.45, 2.75) is 57.3 Å². The van der Waals surface area contributed by atoms with Gasteiger partial charge < -0.3 is 15.1 Å². The van der Waals surface area contributed by atoms with E-state index in [9.17, 15) is 31.1 Å². The zero-order valence-electron chi connectivity index (χ0n) is 20.5. The molecule has 2 aliphatic rings. The van der Waals surface area contributed by atoms with Crippen LogP contribution in [0.5, 0.6) is 0 Å². The first-order valence-electron chi connectivity index (χ1n) is 11.4. The number of nitrogens with zero attached hydrogens (tertiary/aromatic N) is 6. The number of carboxylic acids is 2. The second kappa shape index (κ2) is 13.3. The zero-order chi connectivity index (χ0) is 29.4. The fourth-order valence-corrected chi connectivity index (χ4v) is 4.49. The Morgan fingerprint density at radius 1 is 1.05 bits per heavy atom. The number of likely N-dealkylation sites (tertiary alicyclic amines) is 2. The molecule has 2 aliphatic heterocycles. The first-order chi connectivity index (χ1) is 18.1. The predicted molar refractivity (Wildman–Crippen MR) is 120 cm³/mol. The normalized spacial score (nSPS) is 21.1. The van der Waals surface area contributed by atoms with Gasteiger partial charge in [0.15, 0.2) is 0 Å². The third-order valence-corrected chi connectivity index (χ3v) is 5.93. The predicted octanol–water partition coefficient (Wildman–Crippen LogP) is 2.45. The van der Waals surface area contributed by atoms with E-state index < -0.39 is 24.3 Å². The highest BCUT2D eigenvalue weighted by Crippen LogP contribution is 2.36. The number of amides is 1. The number of halogens is 6. The minimum Gasteiger partial charge on any atom is -0.475 e. The van der Waals surface area contributed by atoms with Crippen LogP contribution in [0.4, 0.5) is 26.3 Å². The van der Waals surface area contributed by atoms with E-state index in [1.165, 1.54) is 0 Å². The number of fused-ring (bicyclic) bond motifs is 1. The highest BCUT2D eigenvalue weighted by Gasteiger charge is 2.45. The van der Waals surface area contributed by atoms with Crippen molar-refractivity contribution in [3.05, 3.63) is 42.7 Å². The van der Waals surface area contributed by atoms with Crippen molar-refractivity contribution in [2.75, 3.05) is 13.1 Å². The van der Waals surface area contributed by atoms with E-state index in [2.05, 4.69) is 30.9 Å². The Hall–Kier alpha value is -3.76. The number of carbonyl (C=O) groups excluding carboxylic acids is 1. The average molecular weight is 568 g/mol. The minimum absolute atomic E-state index is 0.177. The maximum Gasteiger partial charge on any atom is 0.490 e. The lowest BCUT2D eigenvalue weighted by Gasteiger charge is -2.38. The van der Waals surface area contributed by atoms with Gasteiger partial charge in [0.2, 0.25) is 5.91 Å². The van der Waals surface area contributed by atoms with Gasteiger partial charge in [0.1, 0.15) is 12.7 Å². The Morgan fingerprint density at radius 3 is 2.13 bits per heavy atom. The fraction of sp³-hybridized carbons (Fsp3) is 0.545. The summed E-state index contributed by atoms with van der Waals surface area (Å²) in [6, 6.07) is 6.63. The van der Waals surface area contributed by atoms with E-state index in [-0.39, 0.29) is 11.9 Å². The first-order valence-corrected chi connectivity index (χ1v) is 11.4. The fourth-order valence-electron chi connectivity index (χ4n) is 4.49. The molecule has 3 atom stereocenters. The monoisotopic (exact) mass is 568 g/mol. The number of alkyl halides is 6. The van der Waals surface area contributed by atoms with E-state index >= 15 is 0 Å². The molecule has 39 heavy (non-hydrogen) atoms. The summed E-state index contributed by atoms with van der Waals surface area (Å²) in [5.41, 5.74) is 1.11. The molecule has 0 saturated carbocycles. The zero-order valence-corrected chi connectivity index (χ0v) is 20.5. The lowest BCUT2D eigenvalue weighted by molar-refractivity contribution is -0.193. The molecule has 0 aliphatic carbocycles. The van der Waals surface area contributed by atoms with Crippen molar-refractivity contribution in [1.29, 1.82) is 0 Å². The molecule has 0 unspecified atom stereocenters. The van der Waals surface area contributed by atoms with Gasteiger partial charge in [0.25, 0.3) is 0 Å². The molecular formula is C22H26F6N6O5. The minimum atomic E-state index is -5.08. The quantitative estimate of drug-likeness (QED) is 0.532. The van der Waals surface area contributed by atoms with Crippen molar-refractivity contribution in [3.63, 3.8) is 0 Å². The molecule has 2 aromatic heterocycles. The number of hydrogen-bond acceptors (Lipinski definition) is 7. The van der Waals surface area contributed by atoms with Crippen LogP contribution in [0.2, 0.25) is 0 Å². The molecule has 2 fully saturated rings. The van der Waals surface area contributed by atoms with Gasteiger partial charge in [-0.3, -0.25) is 19.4 Å². The van der Waals surface area contributed by atoms with Gasteiger partial charge in [-0.15, -0.1) is 0 Å². The maximum atomic E-state index is 12.3. The number of aliphatic carboxylic acids is 2. The molecule has 0 spiro atoms. The van der Waals surface area contributed by atoms with Crippen LogP contribution in [0.15, 0.2) is 37.1 Å². The van der Waals surface area contributed by atoms with Crippen molar-refractivity contribution in [2.24, 2.45) is 5.92 Å². The number of carboxylic acid groups (broad SMARTS) is 2. The van der Waals surface area contributed by atoms with Crippen molar-refractivity contribution in [3.8, 4) is 0 Å². The van der Waals surface area contributed by atoms with Crippen LogP contribution in [0, 0.1) is 5.92 Å². The number of aromatic nitrogens is 4. The molecule has 17 heteroatoms. The van der Waals surface area contributed by atoms with Crippen LogP contribution in [-0.4, -0.2) is 95.1 Å². The molecule has 0 bridgehead atoms. The summed E-state index contributed by atoms with van der Waals surface area (Å²) in [6.45, 7) is 5.35. The highest BCUT2D eigenvalue weighted by molar-refractivity contribution is 5.74. The summed E-state index contributed by atoms with van der Waals surface area (Å²) in [5.74, 6) is -4.81. The number of piperidine rings is 1. The molecule has 2 saturated heterocycles. The maximum absolute atomic E-state index is 12.3. The summed E-state index contributed by atoms with van der Waals surface area (Å²) in [4.78, 5) is 43.1. The number of pyridine rings is 1. The molecular weight excluding hydrogens is 542 g/mol. The van der Waals surface area contributed by atoms with Gasteiger partial charge in [-0.1, -0.05) is 6.07 Å². The number of hydrogen-bond donors (Lipinski definition) is 2. The Balaban J connectivity index is 0.000000317. The van der Waals surface area contributed by atoms with E-state index in [1.54, 1.807) is 19.6 Å². The number of carbonyl (C=O) groups is 3. The molecule has 1 amide bonds. The van der Waals surface area contributed by atoms with Crippen molar-refractivity contribution >= 4 is 17.8 Å². The summed E-state index contributed by atoms with van der Waals surface area (Å²) in [5, 5.41) is 18.5. The van der Waals surface area contributed by atoms with E-state index in [0.717, 1.165) is 44.7 Å². The van der Waals surface area contributed by atoms with E-state index in [0.29, 0.717) is 12.0 Å². The van der Waals surface area contributed by atoms with E-state index in [1.807, 2.05) is 23.0 Å². The SMILES string of the molecule is CC(=O)N1[C@H](Cn2cncn2)C[C@@H]2CN(Cc3ccccn3)CC[C@@H]21.O=C(O)C(F)(F)F.O=C(O)C(F)(F)F. The van der Waals surface area contributed by atoms with Crippen LogP contribution < -0.4 is 0 Å². The van der Waals surface area contributed by atoms with Crippen LogP contribution in [-0.2, 0) is 27.5 Å². The molecule has 0 radical (unpaired) electrons. The summed E-state index contributed by atoms with van der Waals surface area (Å²) in [7, 11) is 0. The smallest absolute Gasteiger partial charge is 0.475 e. The van der Waals surface area contributed by atoms with Gasteiger partial charge in [-0.25, -0.2) is 14.6 Å². The standard InChI is InChI=1S/C18H24N6O.2C2HF3O2/c1-14(25)24-17(11-23-13-19-12-21-23)8-15-9-22(7-5-18(15)24)10-16-4-2-3-6-20-16;2*3-2(4,5)1(6)7/h2-4,6,12-13,15,17-18H,5,7-11H2,1H3;2*(H,6,7)/t15-,17+,18+;;/m1../s1. The van der Waals surface area contributed by atoms with Gasteiger partial charge in [-0.05, 0) is 30.9 Å². The first kappa shape index (κ1) is 31.5. The molecule has 11 nitrogen and oxygen atoms in total. The van der Waals surface area contributed by atoms with Crippen molar-refractivity contribution in [1.82, 2.24) is 29.5 Å². The van der Waals surface area contributed by atoms with Crippen molar-refractivity contribution < 1.29 is 50.9 Å². The Morgan fingerprint density at radius 2 is 1.67 bits per heavy atom. The van der Waals surface area contributed by atoms with E-state index in [4.69, 9.17) is 19.8 Å². The van der Waals surface area contributed by atoms with Gasteiger partial charge >= 0.3 is 24.3 Å². The molecule has 0 aromatic carbocycles. The van der Waals surface area contributed by atoms with Crippen LogP contribution in [0.1, 0.15) is 25.5 Å². The second-order valence-electron chi connectivity index (χ2n) is 8.71. The topological polar surface area (TPSA) is 142 Å². The lowest BCUT2D eigenvalue weighted by atomic mass is 9.92. The van der Waals surface area contributed by atoms with Crippen LogP contribution in [0.25, 0.3) is 0 Å². The second-order valence-corrected chi connectivity index (χ2v) is 8.71. The van der Waals surface area contributed by atoms with Crippen LogP contribution in [0.3, 0.4) is 0 Å². The lowest BCUT2D eigenvalue weighted by Crippen LogP contribution is -2.48. The Kier molecular flexibility index (Phi) is 10.8. The molecule has 2 N–H and O–H groups in total. The molecule has 216 valence electrons. The Bertz CT molecular complexity index is 1060. The molecule has 2 aromatic rings. The summed E-state index contributed by atoms with van der Waals surface area (Å²) in [6.07, 6.45) is -2.97. The van der Waals surface area contributed by atoms with Gasteiger partial charge in [0, 0.05) is 38.8 Å². The van der Waals surface area contributed by atoms with Gasteiger partial charge in [-0.2, -0.15) is 31.4 Å². The molecule has 4 heterocycles. The highest BCUT2D eigenvalue weighted by atomic mass is 19.4. The summed E-state index contributed by atoms with van der Waals surface area (Å²) < 4.78 is 65.3. The van der Waals surface area contributed by atoms with Crippen LogP contribution >= 0.6 is 0 Å². The number of rotatable bonds is 4. The Labute approximate surface area is 218 Å². The summed E-state index contributed by atoms with van der Waals surface area (Å²) >= 11 is 0. The largest absolute Gasteiger partial charge is 0.490 e. The third-order valence-electron chi connectivity index (χ3n) is 5.93. The molecule has 4 rings (SSSR count). The third kappa shape index (κ3) is 9.81. The average Bonchev–Trinajstić information content (AvgIpc) is 3.46. The van der Waals surface area contributed by atoms with Gasteiger partial charge in [0.05, 0.1) is 18.3 Å².